The van der Waals surface area contributed by atoms with Gasteiger partial charge in [-0.2, -0.15) is 0 Å². The second kappa shape index (κ2) is 3.04. The zero-order chi connectivity index (χ0) is 9.26. The van der Waals surface area contributed by atoms with Crippen LogP contribution >= 0.6 is 0 Å². The summed E-state index contributed by atoms with van der Waals surface area (Å²) < 4.78 is 0. The SMILES string of the molecule is CC1C=Cc2ccccc2C1=C=O. The molecule has 1 aromatic carbocycles. The zero-order valence-electron chi connectivity index (χ0n) is 7.45. The van der Waals surface area contributed by atoms with Gasteiger partial charge in [0.25, 0.3) is 0 Å². The summed E-state index contributed by atoms with van der Waals surface area (Å²) in [5, 5.41) is 0. The molecule has 1 unspecified atom stereocenters. The Morgan fingerprint density at radius 1 is 1.31 bits per heavy atom. The second-order valence-electron chi connectivity index (χ2n) is 3.25. The third-order valence-corrected chi connectivity index (χ3v) is 2.38. The molecule has 1 heteroatoms. The van der Waals surface area contributed by atoms with E-state index in [1.165, 1.54) is 0 Å². The number of carbonyl (C=O) groups excluding carboxylic acids is 1. The van der Waals surface area contributed by atoms with E-state index in [1.54, 1.807) is 0 Å². The van der Waals surface area contributed by atoms with E-state index in [-0.39, 0.29) is 5.92 Å². The summed E-state index contributed by atoms with van der Waals surface area (Å²) in [6, 6.07) is 7.90. The molecule has 0 saturated heterocycles. The lowest BCUT2D eigenvalue weighted by molar-refractivity contribution is 0.568. The highest BCUT2D eigenvalue weighted by Crippen LogP contribution is 2.30. The Hall–Kier alpha value is -1.59. The first-order chi connectivity index (χ1) is 6.33. The van der Waals surface area contributed by atoms with Gasteiger partial charge in [0, 0.05) is 5.92 Å². The van der Waals surface area contributed by atoms with Crippen molar-refractivity contribution < 1.29 is 4.79 Å². The van der Waals surface area contributed by atoms with Gasteiger partial charge < -0.3 is 0 Å². The van der Waals surface area contributed by atoms with E-state index in [9.17, 15) is 4.79 Å². The van der Waals surface area contributed by atoms with Gasteiger partial charge in [0.05, 0.1) is 5.57 Å². The molecule has 0 radical (unpaired) electrons. The summed E-state index contributed by atoms with van der Waals surface area (Å²) in [4.78, 5) is 10.7. The van der Waals surface area contributed by atoms with Gasteiger partial charge in [-0.15, -0.1) is 0 Å². The molecule has 0 heterocycles. The van der Waals surface area contributed by atoms with Gasteiger partial charge in [0.15, 0.2) is 0 Å². The molecule has 0 fully saturated rings. The van der Waals surface area contributed by atoms with E-state index < -0.39 is 0 Å². The van der Waals surface area contributed by atoms with Crippen LogP contribution in [0.2, 0.25) is 0 Å². The normalized spacial score (nSPS) is 19.5. The van der Waals surface area contributed by atoms with Crippen molar-refractivity contribution in [3.05, 3.63) is 41.5 Å². The number of fused-ring (bicyclic) bond motifs is 1. The topological polar surface area (TPSA) is 17.1 Å². The Morgan fingerprint density at radius 3 is 2.85 bits per heavy atom. The highest BCUT2D eigenvalue weighted by atomic mass is 16.1. The van der Waals surface area contributed by atoms with Crippen LogP contribution in [0.3, 0.4) is 0 Å². The van der Waals surface area contributed by atoms with Crippen molar-refractivity contribution in [3.8, 4) is 0 Å². The van der Waals surface area contributed by atoms with E-state index >= 15 is 0 Å². The fourth-order valence-electron chi connectivity index (χ4n) is 1.63. The van der Waals surface area contributed by atoms with Crippen molar-refractivity contribution in [1.82, 2.24) is 0 Å². The fourth-order valence-corrected chi connectivity index (χ4v) is 1.63. The first-order valence-electron chi connectivity index (χ1n) is 4.35. The number of benzene rings is 1. The first kappa shape index (κ1) is 8.03. The fraction of sp³-hybridized carbons (Fsp3) is 0.167. The van der Waals surface area contributed by atoms with Crippen LogP contribution in [0.4, 0.5) is 0 Å². The van der Waals surface area contributed by atoms with Crippen LogP contribution in [-0.2, 0) is 4.79 Å². The van der Waals surface area contributed by atoms with E-state index in [0.717, 1.165) is 16.7 Å². The van der Waals surface area contributed by atoms with Crippen LogP contribution < -0.4 is 0 Å². The Morgan fingerprint density at radius 2 is 2.08 bits per heavy atom. The monoisotopic (exact) mass is 170 g/mol. The molecule has 0 amide bonds. The lowest BCUT2D eigenvalue weighted by atomic mass is 9.87. The molecule has 0 bridgehead atoms. The molecule has 13 heavy (non-hydrogen) atoms. The minimum absolute atomic E-state index is 0.187. The Kier molecular flexibility index (Phi) is 1.88. The van der Waals surface area contributed by atoms with Crippen molar-refractivity contribution in [2.45, 2.75) is 6.92 Å². The van der Waals surface area contributed by atoms with Crippen molar-refractivity contribution in [1.29, 1.82) is 0 Å². The molecule has 0 aromatic heterocycles. The Labute approximate surface area is 77.4 Å². The average molecular weight is 170 g/mol. The van der Waals surface area contributed by atoms with Gasteiger partial charge in [-0.25, -0.2) is 4.79 Å². The molecule has 2 rings (SSSR count). The lowest BCUT2D eigenvalue weighted by Crippen LogP contribution is -2.02. The standard InChI is InChI=1S/C12H10O/c1-9-6-7-10-4-2-3-5-11(10)12(9)8-13/h2-7,9H,1H3. The number of rotatable bonds is 0. The van der Waals surface area contributed by atoms with Crippen molar-refractivity contribution in [3.63, 3.8) is 0 Å². The smallest absolute Gasteiger partial charge is 0.129 e. The van der Waals surface area contributed by atoms with Gasteiger partial charge in [-0.05, 0) is 11.1 Å². The van der Waals surface area contributed by atoms with Gasteiger partial charge >= 0.3 is 0 Å². The summed E-state index contributed by atoms with van der Waals surface area (Å²) in [7, 11) is 0. The maximum Gasteiger partial charge on any atom is 0.129 e. The third kappa shape index (κ3) is 1.24. The molecule has 0 saturated carbocycles. The van der Waals surface area contributed by atoms with Crippen molar-refractivity contribution in [2.24, 2.45) is 5.92 Å². The highest BCUT2D eigenvalue weighted by molar-refractivity contribution is 5.94. The molecule has 0 aliphatic heterocycles. The maximum absolute atomic E-state index is 10.7. The zero-order valence-corrected chi connectivity index (χ0v) is 7.45. The van der Waals surface area contributed by atoms with Crippen LogP contribution in [0.5, 0.6) is 0 Å². The summed E-state index contributed by atoms with van der Waals surface area (Å²) >= 11 is 0. The maximum atomic E-state index is 10.7. The predicted molar refractivity (Wildman–Crippen MR) is 53.7 cm³/mol. The average Bonchev–Trinajstić information content (AvgIpc) is 2.18. The molecule has 0 N–H and O–H groups in total. The third-order valence-electron chi connectivity index (χ3n) is 2.38. The van der Waals surface area contributed by atoms with Gasteiger partial charge in [-0.1, -0.05) is 43.3 Å². The van der Waals surface area contributed by atoms with Gasteiger partial charge in [-0.3, -0.25) is 0 Å². The number of allylic oxidation sites excluding steroid dienone is 2. The molecule has 1 atom stereocenters. The van der Waals surface area contributed by atoms with Crippen LogP contribution in [0.1, 0.15) is 18.1 Å². The highest BCUT2D eigenvalue weighted by Gasteiger charge is 2.15. The number of hydrogen-bond acceptors (Lipinski definition) is 1. The van der Waals surface area contributed by atoms with Crippen LogP contribution in [0.25, 0.3) is 11.6 Å². The molecular formula is C12H10O. The minimum atomic E-state index is 0.187. The van der Waals surface area contributed by atoms with E-state index in [1.807, 2.05) is 43.2 Å². The second-order valence-corrected chi connectivity index (χ2v) is 3.25. The summed E-state index contributed by atoms with van der Waals surface area (Å²) in [6.07, 6.45) is 4.09. The van der Waals surface area contributed by atoms with Crippen molar-refractivity contribution >= 4 is 17.6 Å². The molecule has 64 valence electrons. The first-order valence-corrected chi connectivity index (χ1v) is 4.35. The van der Waals surface area contributed by atoms with Crippen molar-refractivity contribution in [2.75, 3.05) is 0 Å². The Balaban J connectivity index is 2.67. The van der Waals surface area contributed by atoms with Gasteiger partial charge in [0.2, 0.25) is 0 Å². The molecule has 1 aliphatic rings. The van der Waals surface area contributed by atoms with E-state index in [4.69, 9.17) is 0 Å². The van der Waals surface area contributed by atoms with Gasteiger partial charge in [0.1, 0.15) is 5.94 Å². The minimum Gasteiger partial charge on any atom is -0.233 e. The predicted octanol–water partition coefficient (Wildman–Crippen LogP) is 2.56. The van der Waals surface area contributed by atoms with Crippen LogP contribution in [0, 0.1) is 5.92 Å². The molecule has 1 aliphatic carbocycles. The lowest BCUT2D eigenvalue weighted by Gasteiger charge is -2.16. The van der Waals surface area contributed by atoms with E-state index in [0.29, 0.717) is 0 Å². The summed E-state index contributed by atoms with van der Waals surface area (Å²) in [5.41, 5.74) is 2.89. The van der Waals surface area contributed by atoms with Crippen LogP contribution in [-0.4, -0.2) is 5.94 Å². The van der Waals surface area contributed by atoms with Crippen LogP contribution in [0.15, 0.2) is 30.3 Å². The summed E-state index contributed by atoms with van der Waals surface area (Å²) in [5.74, 6) is 2.21. The molecular weight excluding hydrogens is 160 g/mol. The van der Waals surface area contributed by atoms with E-state index in [2.05, 4.69) is 6.08 Å². The number of hydrogen-bond donors (Lipinski definition) is 0. The molecule has 0 spiro atoms. The molecule has 1 aromatic rings. The largest absolute Gasteiger partial charge is 0.233 e. The molecule has 1 nitrogen and oxygen atoms in total. The quantitative estimate of drug-likeness (QED) is 0.547. The Bertz CT molecular complexity index is 409. The summed E-state index contributed by atoms with van der Waals surface area (Å²) in [6.45, 7) is 2.01.